The van der Waals surface area contributed by atoms with E-state index in [1.165, 1.54) is 0 Å². The van der Waals surface area contributed by atoms with Crippen LogP contribution in [0.3, 0.4) is 0 Å². The molecule has 1 aliphatic heterocycles. The Balaban J connectivity index is 1.97. The Labute approximate surface area is 126 Å². The Bertz CT molecular complexity index is 503. The molecule has 2 rings (SSSR count). The van der Waals surface area contributed by atoms with Crippen molar-refractivity contribution in [2.45, 2.75) is 13.3 Å². The second-order valence-corrected chi connectivity index (χ2v) is 5.47. The lowest BCUT2D eigenvalue weighted by atomic mass is 10.1. The molecule has 21 heavy (non-hydrogen) atoms. The van der Waals surface area contributed by atoms with E-state index in [1.54, 1.807) is 0 Å². The second-order valence-electron chi connectivity index (χ2n) is 5.47. The molecule has 114 valence electrons. The van der Waals surface area contributed by atoms with E-state index in [0.29, 0.717) is 38.2 Å². The highest BCUT2D eigenvalue weighted by molar-refractivity contribution is 5.94. The van der Waals surface area contributed by atoms with Gasteiger partial charge in [0.25, 0.3) is 5.91 Å². The van der Waals surface area contributed by atoms with E-state index in [1.807, 2.05) is 60.0 Å². The maximum atomic E-state index is 12.4. The van der Waals surface area contributed by atoms with Crippen LogP contribution in [0.25, 0.3) is 0 Å². The number of benzene rings is 1. The molecule has 0 radical (unpaired) electrons. The van der Waals surface area contributed by atoms with E-state index >= 15 is 0 Å². The average molecular weight is 289 g/mol. The first-order valence-electron chi connectivity index (χ1n) is 7.37. The van der Waals surface area contributed by atoms with Crippen LogP contribution in [0, 0.1) is 0 Å². The molecular weight excluding hydrogens is 266 g/mol. The minimum Gasteiger partial charge on any atom is -0.378 e. The summed E-state index contributed by atoms with van der Waals surface area (Å²) in [6, 6.07) is 7.62. The van der Waals surface area contributed by atoms with Crippen molar-refractivity contribution in [3.8, 4) is 0 Å². The third-order valence-corrected chi connectivity index (χ3v) is 3.85. The fourth-order valence-corrected chi connectivity index (χ4v) is 2.47. The maximum Gasteiger partial charge on any atom is 0.253 e. The second kappa shape index (κ2) is 6.61. The maximum absolute atomic E-state index is 12.4. The molecule has 0 spiro atoms. The van der Waals surface area contributed by atoms with Gasteiger partial charge in [0.05, 0.1) is 0 Å². The average Bonchev–Trinajstić information content (AvgIpc) is 2.53. The fourth-order valence-electron chi connectivity index (χ4n) is 2.47. The van der Waals surface area contributed by atoms with Crippen molar-refractivity contribution in [2.75, 3.05) is 45.2 Å². The first-order chi connectivity index (χ1) is 10.0. The normalized spacial score (nSPS) is 15.0. The molecule has 0 atom stereocenters. The minimum atomic E-state index is 0.0453. The Morgan fingerprint density at radius 3 is 2.00 bits per heavy atom. The number of carbonyl (C=O) groups is 2. The Hall–Kier alpha value is -2.04. The largest absolute Gasteiger partial charge is 0.378 e. The highest BCUT2D eigenvalue weighted by atomic mass is 16.2. The van der Waals surface area contributed by atoms with Crippen molar-refractivity contribution >= 4 is 17.5 Å². The smallest absolute Gasteiger partial charge is 0.253 e. The summed E-state index contributed by atoms with van der Waals surface area (Å²) in [5, 5.41) is 0. The van der Waals surface area contributed by atoms with Gasteiger partial charge in [0.1, 0.15) is 0 Å². The van der Waals surface area contributed by atoms with Crippen molar-refractivity contribution < 1.29 is 9.59 Å². The molecule has 1 saturated heterocycles. The van der Waals surface area contributed by atoms with Gasteiger partial charge in [0.2, 0.25) is 5.91 Å². The van der Waals surface area contributed by atoms with Crippen LogP contribution in [-0.4, -0.2) is 61.9 Å². The van der Waals surface area contributed by atoms with Crippen LogP contribution in [0.2, 0.25) is 0 Å². The minimum absolute atomic E-state index is 0.0453. The van der Waals surface area contributed by atoms with E-state index in [0.717, 1.165) is 5.69 Å². The molecule has 5 heteroatoms. The van der Waals surface area contributed by atoms with Gasteiger partial charge < -0.3 is 14.7 Å². The standard InChI is InChI=1S/C16H23N3O2/c1-4-15(20)18-9-11-19(12-10-18)16(21)13-5-7-14(8-6-13)17(2)3/h5-8H,4,9-12H2,1-3H3. The van der Waals surface area contributed by atoms with Gasteiger partial charge in [-0.1, -0.05) is 6.92 Å². The molecule has 1 fully saturated rings. The predicted octanol–water partition coefficient (Wildman–Crippen LogP) is 1.45. The van der Waals surface area contributed by atoms with Gasteiger partial charge in [-0.05, 0) is 24.3 Å². The van der Waals surface area contributed by atoms with Crippen LogP contribution in [0.4, 0.5) is 5.69 Å². The van der Waals surface area contributed by atoms with Gasteiger partial charge >= 0.3 is 0 Å². The van der Waals surface area contributed by atoms with Crippen LogP contribution >= 0.6 is 0 Å². The van der Waals surface area contributed by atoms with Crippen LogP contribution in [0.5, 0.6) is 0 Å². The highest BCUT2D eigenvalue weighted by Gasteiger charge is 2.23. The Morgan fingerprint density at radius 1 is 1.00 bits per heavy atom. The summed E-state index contributed by atoms with van der Waals surface area (Å²) in [4.78, 5) is 29.7. The molecule has 0 saturated carbocycles. The van der Waals surface area contributed by atoms with Gasteiger partial charge in [0, 0.05) is 57.9 Å². The quantitative estimate of drug-likeness (QED) is 0.846. The van der Waals surface area contributed by atoms with Gasteiger partial charge in [0.15, 0.2) is 0 Å². The summed E-state index contributed by atoms with van der Waals surface area (Å²) < 4.78 is 0. The SMILES string of the molecule is CCC(=O)N1CCN(C(=O)c2ccc(N(C)C)cc2)CC1. The van der Waals surface area contributed by atoms with Gasteiger partial charge in [-0.2, -0.15) is 0 Å². The van der Waals surface area contributed by atoms with Crippen LogP contribution in [0.15, 0.2) is 24.3 Å². The van der Waals surface area contributed by atoms with E-state index in [4.69, 9.17) is 0 Å². The van der Waals surface area contributed by atoms with Crippen LogP contribution < -0.4 is 4.90 Å². The summed E-state index contributed by atoms with van der Waals surface area (Å²) in [5.74, 6) is 0.210. The number of rotatable bonds is 3. The predicted molar refractivity (Wildman–Crippen MR) is 83.5 cm³/mol. The zero-order valence-corrected chi connectivity index (χ0v) is 13.0. The number of amides is 2. The molecular formula is C16H23N3O2. The summed E-state index contributed by atoms with van der Waals surface area (Å²) in [5.41, 5.74) is 1.78. The molecule has 1 heterocycles. The lowest BCUT2D eigenvalue weighted by Crippen LogP contribution is -2.50. The van der Waals surface area contributed by atoms with Crippen LogP contribution in [0.1, 0.15) is 23.7 Å². The van der Waals surface area contributed by atoms with Crippen molar-refractivity contribution in [3.63, 3.8) is 0 Å². The van der Waals surface area contributed by atoms with Crippen molar-refractivity contribution in [3.05, 3.63) is 29.8 Å². The third-order valence-electron chi connectivity index (χ3n) is 3.85. The highest BCUT2D eigenvalue weighted by Crippen LogP contribution is 2.15. The van der Waals surface area contributed by atoms with Crippen molar-refractivity contribution in [1.29, 1.82) is 0 Å². The van der Waals surface area contributed by atoms with E-state index in [2.05, 4.69) is 0 Å². The number of anilines is 1. The topological polar surface area (TPSA) is 43.9 Å². The molecule has 1 aromatic carbocycles. The summed E-state index contributed by atoms with van der Waals surface area (Å²) >= 11 is 0. The summed E-state index contributed by atoms with van der Waals surface area (Å²) in [6.45, 7) is 4.36. The number of carbonyl (C=O) groups excluding carboxylic acids is 2. The third kappa shape index (κ3) is 3.54. The number of hydrogen-bond acceptors (Lipinski definition) is 3. The number of piperazine rings is 1. The molecule has 0 aliphatic carbocycles. The molecule has 0 aromatic heterocycles. The van der Waals surface area contributed by atoms with Crippen LogP contribution in [-0.2, 0) is 4.79 Å². The molecule has 1 aromatic rings. The van der Waals surface area contributed by atoms with Crippen molar-refractivity contribution in [2.24, 2.45) is 0 Å². The number of hydrogen-bond donors (Lipinski definition) is 0. The fraction of sp³-hybridized carbons (Fsp3) is 0.500. The molecule has 5 nitrogen and oxygen atoms in total. The van der Waals surface area contributed by atoms with E-state index < -0.39 is 0 Å². The zero-order valence-electron chi connectivity index (χ0n) is 13.0. The molecule has 2 amide bonds. The Kier molecular flexibility index (Phi) is 4.83. The molecule has 0 unspecified atom stereocenters. The number of nitrogens with zero attached hydrogens (tertiary/aromatic N) is 3. The monoisotopic (exact) mass is 289 g/mol. The first kappa shape index (κ1) is 15.4. The van der Waals surface area contributed by atoms with E-state index in [9.17, 15) is 9.59 Å². The molecule has 0 N–H and O–H groups in total. The Morgan fingerprint density at radius 2 is 1.52 bits per heavy atom. The molecule has 0 bridgehead atoms. The first-order valence-corrected chi connectivity index (χ1v) is 7.37. The van der Waals surface area contributed by atoms with E-state index in [-0.39, 0.29) is 11.8 Å². The lowest BCUT2D eigenvalue weighted by molar-refractivity contribution is -0.132. The summed E-state index contributed by atoms with van der Waals surface area (Å²) in [7, 11) is 3.95. The summed E-state index contributed by atoms with van der Waals surface area (Å²) in [6.07, 6.45) is 0.528. The van der Waals surface area contributed by atoms with Gasteiger partial charge in [-0.3, -0.25) is 9.59 Å². The van der Waals surface area contributed by atoms with Gasteiger partial charge in [-0.25, -0.2) is 0 Å². The van der Waals surface area contributed by atoms with Crippen molar-refractivity contribution in [1.82, 2.24) is 9.80 Å². The lowest BCUT2D eigenvalue weighted by Gasteiger charge is -2.34. The molecule has 1 aliphatic rings. The zero-order chi connectivity index (χ0) is 15.4. The van der Waals surface area contributed by atoms with Gasteiger partial charge in [-0.15, -0.1) is 0 Å².